The average Bonchev–Trinajstić information content (AvgIpc) is 3.26. The first-order valence-electron chi connectivity index (χ1n) is 11.2. The van der Waals surface area contributed by atoms with Crippen LogP contribution >= 0.6 is 0 Å². The van der Waals surface area contributed by atoms with Crippen molar-refractivity contribution in [1.82, 2.24) is 20.0 Å². The largest absolute Gasteiger partial charge is 0.355 e. The van der Waals surface area contributed by atoms with Gasteiger partial charge in [0.2, 0.25) is 5.91 Å². The van der Waals surface area contributed by atoms with Gasteiger partial charge in [-0.05, 0) is 58.0 Å². The Bertz CT molecular complexity index is 713. The molecule has 1 atom stereocenters. The molecule has 0 spiro atoms. The van der Waals surface area contributed by atoms with Gasteiger partial charge in [0.15, 0.2) is 0 Å². The number of piperazine rings is 1. The summed E-state index contributed by atoms with van der Waals surface area (Å²) in [7, 11) is 4.07. The second-order valence-electron chi connectivity index (χ2n) is 8.75. The topological polar surface area (TPSA) is 55.9 Å². The summed E-state index contributed by atoms with van der Waals surface area (Å²) in [6.07, 6.45) is 5.47. The van der Waals surface area contributed by atoms with Gasteiger partial charge < -0.3 is 15.1 Å². The number of benzene rings is 1. The van der Waals surface area contributed by atoms with Gasteiger partial charge >= 0.3 is 0 Å². The lowest BCUT2D eigenvalue weighted by Crippen LogP contribution is -2.58. The van der Waals surface area contributed by atoms with Crippen molar-refractivity contribution >= 4 is 11.8 Å². The van der Waals surface area contributed by atoms with E-state index in [1.54, 1.807) is 17.0 Å². The molecule has 0 radical (unpaired) electrons. The second-order valence-corrected chi connectivity index (χ2v) is 8.75. The molecule has 1 saturated heterocycles. The quantitative estimate of drug-likeness (QED) is 0.658. The van der Waals surface area contributed by atoms with Crippen molar-refractivity contribution in [3.05, 3.63) is 35.6 Å². The van der Waals surface area contributed by atoms with Crippen LogP contribution in [0.1, 0.15) is 42.5 Å². The highest BCUT2D eigenvalue weighted by Gasteiger charge is 2.37. The lowest BCUT2D eigenvalue weighted by atomic mass is 9.95. The molecule has 1 aliphatic heterocycles. The third-order valence-corrected chi connectivity index (χ3v) is 6.30. The van der Waals surface area contributed by atoms with Crippen LogP contribution < -0.4 is 5.32 Å². The van der Waals surface area contributed by atoms with E-state index in [0.29, 0.717) is 38.6 Å². The first kappa shape index (κ1) is 22.7. The van der Waals surface area contributed by atoms with Crippen LogP contribution in [0.4, 0.5) is 4.39 Å². The molecule has 1 heterocycles. The van der Waals surface area contributed by atoms with E-state index in [-0.39, 0.29) is 23.4 Å². The van der Waals surface area contributed by atoms with E-state index >= 15 is 0 Å². The van der Waals surface area contributed by atoms with Crippen LogP contribution in [0.2, 0.25) is 0 Å². The normalized spacial score (nSPS) is 19.3. The summed E-state index contributed by atoms with van der Waals surface area (Å²) in [5, 5.41) is 3.14. The van der Waals surface area contributed by atoms with E-state index in [1.807, 2.05) is 14.1 Å². The fourth-order valence-corrected chi connectivity index (χ4v) is 4.67. The summed E-state index contributed by atoms with van der Waals surface area (Å²) in [5.74, 6) is -0.244. The number of rotatable bonds is 8. The van der Waals surface area contributed by atoms with E-state index in [0.717, 1.165) is 25.8 Å². The minimum absolute atomic E-state index is 0.120. The molecule has 1 aromatic carbocycles. The molecule has 166 valence electrons. The van der Waals surface area contributed by atoms with Gasteiger partial charge in [-0.2, -0.15) is 0 Å². The molecule has 2 fully saturated rings. The van der Waals surface area contributed by atoms with Crippen molar-refractivity contribution in [2.24, 2.45) is 5.92 Å². The Morgan fingerprint density at radius 3 is 2.43 bits per heavy atom. The molecule has 0 aromatic heterocycles. The average molecular weight is 419 g/mol. The molecular formula is C23H35FN4O2. The van der Waals surface area contributed by atoms with Crippen LogP contribution in [-0.2, 0) is 4.79 Å². The lowest BCUT2D eigenvalue weighted by Gasteiger charge is -2.40. The smallest absolute Gasteiger partial charge is 0.256 e. The maximum Gasteiger partial charge on any atom is 0.256 e. The minimum Gasteiger partial charge on any atom is -0.355 e. The van der Waals surface area contributed by atoms with Gasteiger partial charge in [-0.3, -0.25) is 14.5 Å². The predicted molar refractivity (Wildman–Crippen MR) is 116 cm³/mol. The van der Waals surface area contributed by atoms with Crippen molar-refractivity contribution in [3.63, 3.8) is 0 Å². The zero-order chi connectivity index (χ0) is 21.5. The zero-order valence-corrected chi connectivity index (χ0v) is 18.3. The highest BCUT2D eigenvalue weighted by molar-refractivity contribution is 5.94. The third kappa shape index (κ3) is 5.79. The number of nitrogens with one attached hydrogen (secondary N) is 1. The molecule has 2 amide bonds. The Hall–Kier alpha value is -1.99. The Morgan fingerprint density at radius 1 is 1.13 bits per heavy atom. The molecule has 1 N–H and O–H groups in total. The highest BCUT2D eigenvalue weighted by Crippen LogP contribution is 2.31. The first-order chi connectivity index (χ1) is 14.5. The number of halogens is 1. The fraction of sp³-hybridized carbons (Fsp3) is 0.652. The van der Waals surface area contributed by atoms with E-state index in [1.165, 1.54) is 25.0 Å². The van der Waals surface area contributed by atoms with Crippen LogP contribution in [-0.4, -0.2) is 85.9 Å². The van der Waals surface area contributed by atoms with Crippen molar-refractivity contribution < 1.29 is 14.0 Å². The predicted octanol–water partition coefficient (Wildman–Crippen LogP) is 2.21. The van der Waals surface area contributed by atoms with Crippen LogP contribution in [0.15, 0.2) is 24.3 Å². The van der Waals surface area contributed by atoms with E-state index < -0.39 is 5.82 Å². The van der Waals surface area contributed by atoms with Crippen LogP contribution in [0.5, 0.6) is 0 Å². The van der Waals surface area contributed by atoms with Crippen LogP contribution in [0.25, 0.3) is 0 Å². The van der Waals surface area contributed by atoms with Gasteiger partial charge in [0.05, 0.1) is 11.6 Å². The number of hydrogen-bond acceptors (Lipinski definition) is 4. The summed E-state index contributed by atoms with van der Waals surface area (Å²) in [6.45, 7) is 3.96. The second kappa shape index (κ2) is 10.9. The summed E-state index contributed by atoms with van der Waals surface area (Å²) in [4.78, 5) is 31.8. The van der Waals surface area contributed by atoms with Crippen LogP contribution in [0, 0.1) is 11.7 Å². The number of hydrogen-bond donors (Lipinski definition) is 1. The van der Waals surface area contributed by atoms with E-state index in [9.17, 15) is 14.0 Å². The highest BCUT2D eigenvalue weighted by atomic mass is 19.1. The molecule has 6 nitrogen and oxygen atoms in total. The van der Waals surface area contributed by atoms with Gasteiger partial charge in [-0.1, -0.05) is 25.0 Å². The maximum absolute atomic E-state index is 14.0. The van der Waals surface area contributed by atoms with E-state index in [2.05, 4.69) is 15.1 Å². The van der Waals surface area contributed by atoms with Crippen molar-refractivity contribution in [2.45, 2.75) is 38.1 Å². The molecule has 1 aliphatic carbocycles. The number of amides is 2. The monoisotopic (exact) mass is 418 g/mol. The Balaban J connectivity index is 1.58. The first-order valence-corrected chi connectivity index (χ1v) is 11.2. The molecule has 2 aliphatic rings. The van der Waals surface area contributed by atoms with Gasteiger partial charge in [0.25, 0.3) is 5.91 Å². The van der Waals surface area contributed by atoms with Crippen molar-refractivity contribution in [3.8, 4) is 0 Å². The van der Waals surface area contributed by atoms with Gasteiger partial charge in [0, 0.05) is 32.7 Å². The third-order valence-electron chi connectivity index (χ3n) is 6.30. The zero-order valence-electron chi connectivity index (χ0n) is 18.3. The molecule has 1 aromatic rings. The molecule has 30 heavy (non-hydrogen) atoms. The molecule has 0 bridgehead atoms. The lowest BCUT2D eigenvalue weighted by molar-refractivity contribution is -0.129. The SMILES string of the molecule is CN(C)CCCNC(=O)C(C1CCCC1)N1CCN(C(=O)c2ccccc2F)CC1. The Labute approximate surface area is 179 Å². The van der Waals surface area contributed by atoms with E-state index in [4.69, 9.17) is 0 Å². The van der Waals surface area contributed by atoms with Crippen molar-refractivity contribution in [2.75, 3.05) is 53.4 Å². The Kier molecular flexibility index (Phi) is 8.22. The summed E-state index contributed by atoms with van der Waals surface area (Å²) in [5.41, 5.74) is 0.122. The number of nitrogens with zero attached hydrogens (tertiary/aromatic N) is 3. The molecule has 7 heteroatoms. The van der Waals surface area contributed by atoms with Crippen LogP contribution in [0.3, 0.4) is 0 Å². The molecule has 3 rings (SSSR count). The van der Waals surface area contributed by atoms with Gasteiger partial charge in [-0.15, -0.1) is 0 Å². The summed E-state index contributed by atoms with van der Waals surface area (Å²) < 4.78 is 14.0. The summed E-state index contributed by atoms with van der Waals surface area (Å²) in [6, 6.07) is 6.00. The Morgan fingerprint density at radius 2 is 1.80 bits per heavy atom. The standard InChI is InChI=1S/C23H35FN4O2/c1-26(2)13-7-12-25-22(29)21(18-8-3-4-9-18)27-14-16-28(17-15-27)23(30)19-10-5-6-11-20(19)24/h5-6,10-11,18,21H,3-4,7-9,12-17H2,1-2H3,(H,25,29). The molecule has 1 unspecified atom stereocenters. The van der Waals surface area contributed by atoms with Gasteiger partial charge in [0.1, 0.15) is 5.82 Å². The maximum atomic E-state index is 14.0. The fourth-order valence-electron chi connectivity index (χ4n) is 4.67. The summed E-state index contributed by atoms with van der Waals surface area (Å²) >= 11 is 0. The molecule has 1 saturated carbocycles. The van der Waals surface area contributed by atoms with Crippen molar-refractivity contribution in [1.29, 1.82) is 0 Å². The number of carbonyl (C=O) groups excluding carboxylic acids is 2. The minimum atomic E-state index is -0.481. The number of carbonyl (C=O) groups is 2. The molecular weight excluding hydrogens is 383 g/mol. The van der Waals surface area contributed by atoms with Gasteiger partial charge in [-0.25, -0.2) is 4.39 Å².